The lowest BCUT2D eigenvalue weighted by Gasteiger charge is -2.16. The third kappa shape index (κ3) is 5.13. The number of carbonyl (C=O) groups excluding carboxylic acids is 1. The Hall–Kier alpha value is -3.22. The van der Waals surface area contributed by atoms with E-state index in [1.165, 1.54) is 11.8 Å². The highest BCUT2D eigenvalue weighted by Gasteiger charge is 2.35. The van der Waals surface area contributed by atoms with Crippen molar-refractivity contribution in [3.63, 3.8) is 0 Å². The van der Waals surface area contributed by atoms with Crippen molar-refractivity contribution in [1.29, 1.82) is 0 Å². The van der Waals surface area contributed by atoms with Crippen molar-refractivity contribution in [1.82, 2.24) is 0 Å². The van der Waals surface area contributed by atoms with Gasteiger partial charge in [-0.2, -0.15) is 0 Å². The SMILES string of the molecule is CCOc1cc(/C=C2\SC(=Nc3ccc(C)cc3)N(c3ccc(C)cc3)C2=O)cc(Cl)c1OC. The number of rotatable bonds is 6. The van der Waals surface area contributed by atoms with Crippen molar-refractivity contribution in [2.24, 2.45) is 4.99 Å². The first-order chi connectivity index (χ1) is 16.4. The largest absolute Gasteiger partial charge is 0.491 e. The van der Waals surface area contributed by atoms with Gasteiger partial charge in [0.2, 0.25) is 0 Å². The van der Waals surface area contributed by atoms with Crippen LogP contribution in [0.25, 0.3) is 6.08 Å². The molecular formula is C27H25ClN2O3S. The summed E-state index contributed by atoms with van der Waals surface area (Å²) in [5.41, 5.74) is 4.56. The number of hydrogen-bond acceptors (Lipinski definition) is 5. The van der Waals surface area contributed by atoms with Gasteiger partial charge in [0.1, 0.15) is 0 Å². The molecule has 1 heterocycles. The molecule has 1 amide bonds. The van der Waals surface area contributed by atoms with E-state index in [4.69, 9.17) is 26.1 Å². The quantitative estimate of drug-likeness (QED) is 0.342. The monoisotopic (exact) mass is 492 g/mol. The van der Waals surface area contributed by atoms with Crippen LogP contribution in [0.3, 0.4) is 0 Å². The minimum atomic E-state index is -0.149. The van der Waals surface area contributed by atoms with E-state index in [1.807, 2.05) is 75.4 Å². The van der Waals surface area contributed by atoms with E-state index in [2.05, 4.69) is 0 Å². The van der Waals surface area contributed by atoms with Gasteiger partial charge in [-0.25, -0.2) is 4.99 Å². The number of carbonyl (C=O) groups is 1. The normalized spacial score (nSPS) is 15.9. The van der Waals surface area contributed by atoms with Gasteiger partial charge in [0.25, 0.3) is 5.91 Å². The summed E-state index contributed by atoms with van der Waals surface area (Å²) in [4.78, 5) is 20.5. The van der Waals surface area contributed by atoms with Crippen molar-refractivity contribution >= 4 is 51.9 Å². The predicted octanol–water partition coefficient (Wildman–Crippen LogP) is 7.17. The molecule has 0 N–H and O–H groups in total. The lowest BCUT2D eigenvalue weighted by Crippen LogP contribution is -2.28. The summed E-state index contributed by atoms with van der Waals surface area (Å²) in [7, 11) is 1.55. The second kappa shape index (κ2) is 10.4. The standard InChI is InChI=1S/C27H25ClN2O3S/c1-5-33-23-15-19(14-22(28)25(23)32-4)16-24-26(31)30(21-12-8-18(3)9-13-21)27(34-24)29-20-10-6-17(2)7-11-20/h6-16H,5H2,1-4H3/b24-16-,29-27?. The summed E-state index contributed by atoms with van der Waals surface area (Å²) in [5, 5.41) is 1.01. The van der Waals surface area contributed by atoms with Gasteiger partial charge in [0, 0.05) is 0 Å². The number of ether oxygens (including phenoxy) is 2. The zero-order chi connectivity index (χ0) is 24.2. The minimum absolute atomic E-state index is 0.149. The number of hydrogen-bond donors (Lipinski definition) is 0. The van der Waals surface area contributed by atoms with Crippen molar-refractivity contribution < 1.29 is 14.3 Å². The molecule has 0 aromatic heterocycles. The average molecular weight is 493 g/mol. The van der Waals surface area contributed by atoms with E-state index in [0.29, 0.717) is 33.2 Å². The fraction of sp³-hybridized carbons (Fsp3) is 0.185. The Morgan fingerprint density at radius 2 is 1.68 bits per heavy atom. The Morgan fingerprint density at radius 1 is 1.03 bits per heavy atom. The maximum absolute atomic E-state index is 13.5. The Bertz CT molecular complexity index is 1270. The van der Waals surface area contributed by atoms with Crippen molar-refractivity contribution in [2.75, 3.05) is 18.6 Å². The van der Waals surface area contributed by atoms with E-state index in [9.17, 15) is 4.79 Å². The molecule has 174 valence electrons. The first kappa shape index (κ1) is 23.9. The number of aliphatic imine (C=N–C) groups is 1. The molecule has 5 nitrogen and oxygen atoms in total. The van der Waals surface area contributed by atoms with Crippen molar-refractivity contribution in [3.8, 4) is 11.5 Å². The molecule has 0 spiro atoms. The molecule has 34 heavy (non-hydrogen) atoms. The summed E-state index contributed by atoms with van der Waals surface area (Å²) in [6, 6.07) is 19.3. The number of thioether (sulfide) groups is 1. The Kier molecular flexibility index (Phi) is 7.29. The number of halogens is 1. The third-order valence-electron chi connectivity index (χ3n) is 5.19. The summed E-state index contributed by atoms with van der Waals surface area (Å²) >= 11 is 7.75. The number of aryl methyl sites for hydroxylation is 2. The third-order valence-corrected chi connectivity index (χ3v) is 6.44. The highest BCUT2D eigenvalue weighted by Crippen LogP contribution is 2.40. The van der Waals surface area contributed by atoms with Gasteiger partial charge >= 0.3 is 0 Å². The number of nitrogens with zero attached hydrogens (tertiary/aromatic N) is 2. The fourth-order valence-corrected chi connectivity index (χ4v) is 4.78. The number of amidine groups is 1. The molecule has 0 aliphatic carbocycles. The average Bonchev–Trinajstić information content (AvgIpc) is 3.10. The van der Waals surface area contributed by atoms with Crippen LogP contribution in [0, 0.1) is 13.8 Å². The van der Waals surface area contributed by atoms with E-state index in [0.717, 1.165) is 28.1 Å². The van der Waals surface area contributed by atoms with Gasteiger partial charge in [-0.1, -0.05) is 47.0 Å². The summed E-state index contributed by atoms with van der Waals surface area (Å²) in [6.45, 7) is 6.40. The molecule has 1 aliphatic rings. The maximum Gasteiger partial charge on any atom is 0.271 e. The molecule has 7 heteroatoms. The maximum atomic E-state index is 13.5. The van der Waals surface area contributed by atoms with Crippen LogP contribution in [-0.2, 0) is 4.79 Å². The molecule has 1 saturated heterocycles. The zero-order valence-electron chi connectivity index (χ0n) is 19.5. The molecule has 0 unspecified atom stereocenters. The smallest absolute Gasteiger partial charge is 0.271 e. The molecule has 0 bridgehead atoms. The highest BCUT2D eigenvalue weighted by atomic mass is 35.5. The molecule has 0 saturated carbocycles. The van der Waals surface area contributed by atoms with Crippen LogP contribution in [0.1, 0.15) is 23.6 Å². The molecule has 0 atom stereocenters. The summed E-state index contributed by atoms with van der Waals surface area (Å²) < 4.78 is 11.1. The van der Waals surface area contributed by atoms with Crippen LogP contribution >= 0.6 is 23.4 Å². The molecule has 1 aliphatic heterocycles. The van der Waals surface area contributed by atoms with Gasteiger partial charge in [0.15, 0.2) is 16.7 Å². The van der Waals surface area contributed by atoms with Crippen molar-refractivity contribution in [2.45, 2.75) is 20.8 Å². The van der Waals surface area contributed by atoms with Crippen LogP contribution in [0.15, 0.2) is 70.6 Å². The first-order valence-corrected chi connectivity index (χ1v) is 12.1. The van der Waals surface area contributed by atoms with E-state index in [1.54, 1.807) is 24.2 Å². The lowest BCUT2D eigenvalue weighted by molar-refractivity contribution is -0.113. The van der Waals surface area contributed by atoms with Crippen LogP contribution in [0.5, 0.6) is 11.5 Å². The zero-order valence-corrected chi connectivity index (χ0v) is 21.0. The van der Waals surface area contributed by atoms with Crippen molar-refractivity contribution in [3.05, 3.63) is 87.3 Å². The molecule has 1 fully saturated rings. The lowest BCUT2D eigenvalue weighted by atomic mass is 10.1. The molecule has 3 aromatic carbocycles. The minimum Gasteiger partial charge on any atom is -0.491 e. The summed E-state index contributed by atoms with van der Waals surface area (Å²) in [5.74, 6) is 0.854. The van der Waals surface area contributed by atoms with Crippen LogP contribution < -0.4 is 14.4 Å². The molecule has 0 radical (unpaired) electrons. The topological polar surface area (TPSA) is 51.1 Å². The first-order valence-electron chi connectivity index (χ1n) is 10.9. The van der Waals surface area contributed by atoms with E-state index < -0.39 is 0 Å². The number of anilines is 1. The van der Waals surface area contributed by atoms with E-state index in [-0.39, 0.29) is 5.91 Å². The Balaban J connectivity index is 1.77. The second-order valence-corrected chi connectivity index (χ2v) is 9.20. The van der Waals surface area contributed by atoms with Crippen LogP contribution in [0.4, 0.5) is 11.4 Å². The molecule has 4 rings (SSSR count). The highest BCUT2D eigenvalue weighted by molar-refractivity contribution is 8.19. The van der Waals surface area contributed by atoms with Gasteiger partial charge < -0.3 is 9.47 Å². The van der Waals surface area contributed by atoms with Crippen LogP contribution in [-0.4, -0.2) is 24.8 Å². The van der Waals surface area contributed by atoms with Gasteiger partial charge in [-0.3, -0.25) is 9.69 Å². The summed E-state index contributed by atoms with van der Waals surface area (Å²) in [6.07, 6.45) is 1.81. The number of amides is 1. The fourth-order valence-electron chi connectivity index (χ4n) is 3.48. The second-order valence-electron chi connectivity index (χ2n) is 7.78. The van der Waals surface area contributed by atoms with E-state index >= 15 is 0 Å². The number of methoxy groups -OCH3 is 1. The Morgan fingerprint density at radius 3 is 2.29 bits per heavy atom. The predicted molar refractivity (Wildman–Crippen MR) is 142 cm³/mol. The number of benzene rings is 3. The van der Waals surface area contributed by atoms with Crippen LogP contribution in [0.2, 0.25) is 5.02 Å². The van der Waals surface area contributed by atoms with Gasteiger partial charge in [0.05, 0.1) is 35.0 Å². The molecule has 3 aromatic rings. The molecular weight excluding hydrogens is 468 g/mol. The van der Waals surface area contributed by atoms with Gasteiger partial charge in [-0.05, 0) is 80.6 Å². The van der Waals surface area contributed by atoms with Gasteiger partial charge in [-0.15, -0.1) is 0 Å². The Labute approximate surface area is 209 Å².